The minimum atomic E-state index is -4.38. The van der Waals surface area contributed by atoms with E-state index in [9.17, 15) is 22.4 Å². The van der Waals surface area contributed by atoms with E-state index < -0.39 is 40.2 Å². The van der Waals surface area contributed by atoms with Crippen LogP contribution >= 0.6 is 23.2 Å². The Balaban J connectivity index is 1.81. The lowest BCUT2D eigenvalue weighted by Crippen LogP contribution is -2.53. The quantitative estimate of drug-likeness (QED) is 0.146. The summed E-state index contributed by atoms with van der Waals surface area (Å²) in [6.07, 6.45) is 0.791. The van der Waals surface area contributed by atoms with Crippen molar-refractivity contribution in [3.8, 4) is 5.75 Å². The number of amides is 2. The van der Waals surface area contributed by atoms with Crippen molar-refractivity contribution in [3.05, 3.63) is 124 Å². The summed E-state index contributed by atoms with van der Waals surface area (Å²) in [5.41, 5.74) is 1.23. The van der Waals surface area contributed by atoms with Crippen LogP contribution in [0, 0.1) is 5.82 Å². The zero-order chi connectivity index (χ0) is 34.0. The first kappa shape index (κ1) is 35.7. The van der Waals surface area contributed by atoms with Crippen molar-refractivity contribution in [2.75, 3.05) is 24.0 Å². The third kappa shape index (κ3) is 9.24. The van der Waals surface area contributed by atoms with E-state index >= 15 is 0 Å². The summed E-state index contributed by atoms with van der Waals surface area (Å²) in [6.45, 7) is 3.58. The van der Waals surface area contributed by atoms with Gasteiger partial charge in [0.25, 0.3) is 10.0 Å². The zero-order valence-electron chi connectivity index (χ0n) is 26.0. The van der Waals surface area contributed by atoms with E-state index in [-0.39, 0.29) is 33.6 Å². The topological polar surface area (TPSA) is 96.0 Å². The van der Waals surface area contributed by atoms with Crippen molar-refractivity contribution in [3.63, 3.8) is 0 Å². The first-order chi connectivity index (χ1) is 22.5. The highest BCUT2D eigenvalue weighted by Gasteiger charge is 2.35. The van der Waals surface area contributed by atoms with Crippen LogP contribution in [-0.2, 0) is 32.6 Å². The maximum Gasteiger partial charge on any atom is 0.264 e. The van der Waals surface area contributed by atoms with E-state index in [1.807, 2.05) is 44.2 Å². The summed E-state index contributed by atoms with van der Waals surface area (Å²) in [4.78, 5) is 29.5. The molecule has 0 spiro atoms. The maximum absolute atomic E-state index is 14.5. The molecule has 0 saturated heterocycles. The van der Waals surface area contributed by atoms with Crippen LogP contribution in [0.25, 0.3) is 0 Å². The van der Waals surface area contributed by atoms with Crippen LogP contribution in [0.4, 0.5) is 10.1 Å². The van der Waals surface area contributed by atoms with Gasteiger partial charge in [-0.05, 0) is 79.6 Å². The number of hydrogen-bond acceptors (Lipinski definition) is 5. The van der Waals surface area contributed by atoms with Crippen LogP contribution in [0.1, 0.15) is 31.4 Å². The van der Waals surface area contributed by atoms with Crippen LogP contribution in [0.2, 0.25) is 10.0 Å². The molecule has 0 aliphatic heterocycles. The van der Waals surface area contributed by atoms with Crippen LogP contribution in [0.5, 0.6) is 5.75 Å². The maximum atomic E-state index is 14.5. The van der Waals surface area contributed by atoms with Gasteiger partial charge in [0, 0.05) is 35.1 Å². The number of sulfonamides is 1. The number of ether oxygens (including phenoxy) is 1. The van der Waals surface area contributed by atoms with Crippen molar-refractivity contribution in [2.24, 2.45) is 0 Å². The number of carbonyl (C=O) groups excluding carboxylic acids is 2. The molecule has 8 nitrogen and oxygen atoms in total. The van der Waals surface area contributed by atoms with E-state index in [1.165, 1.54) is 41.3 Å². The molecule has 12 heteroatoms. The Morgan fingerprint density at radius 3 is 2.11 bits per heavy atom. The molecule has 1 N–H and O–H groups in total. The predicted molar refractivity (Wildman–Crippen MR) is 183 cm³/mol. The second kappa shape index (κ2) is 16.6. The van der Waals surface area contributed by atoms with Crippen LogP contribution in [0.15, 0.2) is 102 Å². The van der Waals surface area contributed by atoms with Crippen molar-refractivity contribution in [1.82, 2.24) is 10.2 Å². The SMILES string of the molecule is CCCNC(=O)C(Cc1ccccc1)N(Cc1c(Cl)cccc1Cl)C(=O)CN(c1ccc(F)cc1)S(=O)(=O)c1ccc(OCC)cc1. The van der Waals surface area contributed by atoms with Gasteiger partial charge in [0.2, 0.25) is 11.8 Å². The molecule has 0 bridgehead atoms. The number of halogens is 3. The second-order valence-corrected chi connectivity index (χ2v) is 13.3. The van der Waals surface area contributed by atoms with Crippen molar-refractivity contribution in [1.29, 1.82) is 0 Å². The number of anilines is 1. The molecule has 4 rings (SSSR count). The molecule has 0 saturated carbocycles. The van der Waals surface area contributed by atoms with Crippen LogP contribution < -0.4 is 14.4 Å². The fourth-order valence-corrected chi connectivity index (χ4v) is 6.84. The number of carbonyl (C=O) groups is 2. The summed E-state index contributed by atoms with van der Waals surface area (Å²) in [7, 11) is -4.38. The fourth-order valence-electron chi connectivity index (χ4n) is 4.91. The summed E-state index contributed by atoms with van der Waals surface area (Å²) in [5.74, 6) is -1.23. The number of hydrogen-bond donors (Lipinski definition) is 1. The molecule has 2 amide bonds. The molecule has 4 aromatic carbocycles. The Labute approximate surface area is 285 Å². The van der Waals surface area contributed by atoms with E-state index in [4.69, 9.17) is 27.9 Å². The minimum Gasteiger partial charge on any atom is -0.494 e. The highest BCUT2D eigenvalue weighted by molar-refractivity contribution is 7.92. The molecule has 1 atom stereocenters. The number of benzene rings is 4. The van der Waals surface area contributed by atoms with Crippen molar-refractivity contribution in [2.45, 2.75) is 44.2 Å². The summed E-state index contributed by atoms with van der Waals surface area (Å²) < 4.78 is 48.6. The third-order valence-corrected chi connectivity index (χ3v) is 9.82. The van der Waals surface area contributed by atoms with E-state index in [0.717, 1.165) is 22.0 Å². The standard InChI is InChI=1S/C35H36Cl2FN3O5S/c1-3-21-39-35(43)33(22-25-9-6-5-7-10-25)40(23-30-31(36)11-8-12-32(30)37)34(42)24-41(27-15-13-26(38)14-16-27)47(44,45)29-19-17-28(18-20-29)46-4-2/h5-20,33H,3-4,21-24H2,1-2H3,(H,39,43). The number of nitrogens with zero attached hydrogens (tertiary/aromatic N) is 2. The molecule has 0 aliphatic rings. The normalized spacial score (nSPS) is 11.9. The molecule has 4 aromatic rings. The monoisotopic (exact) mass is 699 g/mol. The van der Waals surface area contributed by atoms with Gasteiger partial charge in [-0.1, -0.05) is 66.5 Å². The largest absolute Gasteiger partial charge is 0.494 e. The zero-order valence-corrected chi connectivity index (χ0v) is 28.4. The van der Waals surface area contributed by atoms with Gasteiger partial charge in [0.05, 0.1) is 17.2 Å². The highest BCUT2D eigenvalue weighted by Crippen LogP contribution is 2.29. The first-order valence-corrected chi connectivity index (χ1v) is 17.3. The molecule has 0 fully saturated rings. The Bertz CT molecular complexity index is 1740. The van der Waals surface area contributed by atoms with Gasteiger partial charge in [0.1, 0.15) is 24.2 Å². The van der Waals surface area contributed by atoms with Gasteiger partial charge in [-0.2, -0.15) is 0 Å². The number of rotatable bonds is 15. The van der Waals surface area contributed by atoms with Crippen LogP contribution in [-0.4, -0.2) is 50.9 Å². The molecular weight excluding hydrogens is 664 g/mol. The molecule has 0 aromatic heterocycles. The van der Waals surface area contributed by atoms with Gasteiger partial charge >= 0.3 is 0 Å². The average molecular weight is 701 g/mol. The van der Waals surface area contributed by atoms with Crippen LogP contribution in [0.3, 0.4) is 0 Å². The highest BCUT2D eigenvalue weighted by atomic mass is 35.5. The fraction of sp³-hybridized carbons (Fsp3) is 0.257. The molecule has 248 valence electrons. The van der Waals surface area contributed by atoms with Crippen molar-refractivity contribution < 1.29 is 27.1 Å². The molecule has 0 heterocycles. The van der Waals surface area contributed by atoms with Gasteiger partial charge < -0.3 is 15.0 Å². The van der Waals surface area contributed by atoms with Gasteiger partial charge in [-0.3, -0.25) is 13.9 Å². The van der Waals surface area contributed by atoms with E-state index in [1.54, 1.807) is 18.2 Å². The second-order valence-electron chi connectivity index (χ2n) is 10.6. The molecule has 0 radical (unpaired) electrons. The smallest absolute Gasteiger partial charge is 0.264 e. The van der Waals surface area contributed by atoms with Gasteiger partial charge in [-0.15, -0.1) is 0 Å². The molecule has 0 aliphatic carbocycles. The summed E-state index contributed by atoms with van der Waals surface area (Å²) >= 11 is 13.1. The Kier molecular flexibility index (Phi) is 12.6. The summed E-state index contributed by atoms with van der Waals surface area (Å²) in [6, 6.07) is 23.6. The van der Waals surface area contributed by atoms with E-state index in [2.05, 4.69) is 5.32 Å². The molecule has 47 heavy (non-hydrogen) atoms. The lowest BCUT2D eigenvalue weighted by Gasteiger charge is -2.34. The van der Waals surface area contributed by atoms with Gasteiger partial charge in [0.15, 0.2) is 0 Å². The average Bonchev–Trinajstić information content (AvgIpc) is 3.06. The lowest BCUT2D eigenvalue weighted by atomic mass is 10.0. The minimum absolute atomic E-state index is 0.0550. The molecular formula is C35H36Cl2FN3O5S. The summed E-state index contributed by atoms with van der Waals surface area (Å²) in [5, 5.41) is 3.44. The Morgan fingerprint density at radius 1 is 0.872 bits per heavy atom. The predicted octanol–water partition coefficient (Wildman–Crippen LogP) is 6.89. The van der Waals surface area contributed by atoms with E-state index in [0.29, 0.717) is 30.9 Å². The first-order valence-electron chi connectivity index (χ1n) is 15.1. The Hall–Kier alpha value is -4.12. The Morgan fingerprint density at radius 2 is 1.51 bits per heavy atom. The van der Waals surface area contributed by atoms with Crippen molar-refractivity contribution >= 4 is 50.7 Å². The third-order valence-electron chi connectivity index (χ3n) is 7.33. The van der Waals surface area contributed by atoms with Gasteiger partial charge in [-0.25, -0.2) is 12.8 Å². The number of nitrogens with one attached hydrogen (secondary N) is 1. The lowest BCUT2D eigenvalue weighted by molar-refractivity contribution is -0.140. The molecule has 1 unspecified atom stereocenters.